The Morgan fingerprint density at radius 3 is 2.55 bits per heavy atom. The third kappa shape index (κ3) is 3.71. The molecule has 2 N–H and O–H groups in total. The van der Waals surface area contributed by atoms with Gasteiger partial charge in [-0.2, -0.15) is 0 Å². The Morgan fingerprint density at radius 2 is 2.00 bits per heavy atom. The fraction of sp³-hybridized carbons (Fsp3) is 0.467. The topological polar surface area (TPSA) is 75.9 Å². The number of anilines is 1. The van der Waals surface area contributed by atoms with Crippen LogP contribution in [0.3, 0.4) is 0 Å². The maximum Gasteiger partial charge on any atom is 0.409 e. The molecule has 0 radical (unpaired) electrons. The van der Waals surface area contributed by atoms with Gasteiger partial charge in [0.05, 0.1) is 12.3 Å². The van der Waals surface area contributed by atoms with E-state index in [4.69, 9.17) is 10.5 Å². The van der Waals surface area contributed by atoms with Crippen molar-refractivity contribution in [3.05, 3.63) is 28.7 Å². The van der Waals surface area contributed by atoms with E-state index in [-0.39, 0.29) is 12.1 Å². The zero-order valence-corrected chi connectivity index (χ0v) is 14.1. The maximum atomic E-state index is 11.9. The lowest BCUT2D eigenvalue weighted by molar-refractivity contribution is 0.0972. The van der Waals surface area contributed by atoms with Gasteiger partial charge in [-0.15, -0.1) is 0 Å². The summed E-state index contributed by atoms with van der Waals surface area (Å²) < 4.78 is 5.82. The van der Waals surface area contributed by atoms with Gasteiger partial charge in [-0.05, 0) is 47.8 Å². The lowest BCUT2D eigenvalue weighted by Gasteiger charge is -2.37. The molecular weight excluding hydrogens is 350 g/mol. The first-order chi connectivity index (χ1) is 10.5. The number of urea groups is 1. The second-order valence-corrected chi connectivity index (χ2v) is 5.93. The highest BCUT2D eigenvalue weighted by Gasteiger charge is 2.30. The van der Waals surface area contributed by atoms with E-state index in [0.717, 1.165) is 10.2 Å². The molecule has 1 fully saturated rings. The molecule has 1 aliphatic rings. The number of nitrogens with two attached hydrogens (primary N) is 1. The molecule has 7 heteroatoms. The highest BCUT2D eigenvalue weighted by Crippen LogP contribution is 2.30. The van der Waals surface area contributed by atoms with Crippen molar-refractivity contribution in [1.82, 2.24) is 4.90 Å². The molecule has 0 saturated carbocycles. The molecule has 1 aliphatic heterocycles. The van der Waals surface area contributed by atoms with Gasteiger partial charge in [0, 0.05) is 23.6 Å². The normalized spacial score (nSPS) is 15.5. The van der Waals surface area contributed by atoms with E-state index in [0.29, 0.717) is 32.5 Å². The molecule has 0 aromatic heterocycles. The Balaban J connectivity index is 2.08. The number of amides is 3. The third-order valence-corrected chi connectivity index (χ3v) is 4.38. The summed E-state index contributed by atoms with van der Waals surface area (Å²) in [5.74, 6) is 0. The SMILES string of the molecule is CCOC(=O)N1CCC(N(C(N)=O)c2ccccc2Br)CC1. The summed E-state index contributed by atoms with van der Waals surface area (Å²) in [6, 6.07) is 6.97. The molecule has 6 nitrogen and oxygen atoms in total. The average molecular weight is 370 g/mol. The van der Waals surface area contributed by atoms with Crippen LogP contribution < -0.4 is 10.6 Å². The maximum absolute atomic E-state index is 11.9. The molecular formula is C15H20BrN3O3. The average Bonchev–Trinajstić information content (AvgIpc) is 2.50. The number of rotatable bonds is 3. The van der Waals surface area contributed by atoms with Crippen molar-refractivity contribution in [2.45, 2.75) is 25.8 Å². The third-order valence-electron chi connectivity index (χ3n) is 3.71. The zero-order valence-electron chi connectivity index (χ0n) is 12.5. The lowest BCUT2D eigenvalue weighted by Crippen LogP contribution is -2.50. The number of benzene rings is 1. The Labute approximate surface area is 138 Å². The number of carbonyl (C=O) groups is 2. The summed E-state index contributed by atoms with van der Waals surface area (Å²) in [7, 11) is 0. The van der Waals surface area contributed by atoms with Gasteiger partial charge < -0.3 is 15.4 Å². The van der Waals surface area contributed by atoms with Gasteiger partial charge in [0.1, 0.15) is 0 Å². The highest BCUT2D eigenvalue weighted by atomic mass is 79.9. The molecule has 0 unspecified atom stereocenters. The van der Waals surface area contributed by atoms with Gasteiger partial charge in [0.15, 0.2) is 0 Å². The van der Waals surface area contributed by atoms with Crippen LogP contribution in [0.5, 0.6) is 0 Å². The fourth-order valence-corrected chi connectivity index (χ4v) is 3.14. The molecule has 0 aliphatic carbocycles. The van der Waals surface area contributed by atoms with Crippen LogP contribution in [0.4, 0.5) is 15.3 Å². The molecule has 1 aromatic rings. The van der Waals surface area contributed by atoms with Crippen LogP contribution >= 0.6 is 15.9 Å². The minimum absolute atomic E-state index is 0.0260. The molecule has 2 rings (SSSR count). The van der Waals surface area contributed by atoms with Gasteiger partial charge in [-0.1, -0.05) is 12.1 Å². The number of ether oxygens (including phenoxy) is 1. The first-order valence-electron chi connectivity index (χ1n) is 7.29. The fourth-order valence-electron chi connectivity index (χ4n) is 2.66. The molecule has 22 heavy (non-hydrogen) atoms. The van der Waals surface area contributed by atoms with Gasteiger partial charge >= 0.3 is 12.1 Å². The van der Waals surface area contributed by atoms with Crippen LogP contribution in [-0.4, -0.2) is 42.8 Å². The minimum atomic E-state index is -0.485. The number of piperidine rings is 1. The largest absolute Gasteiger partial charge is 0.450 e. The predicted molar refractivity (Wildman–Crippen MR) is 87.8 cm³/mol. The second-order valence-electron chi connectivity index (χ2n) is 5.08. The summed E-state index contributed by atoms with van der Waals surface area (Å²) in [6.45, 7) is 3.25. The van der Waals surface area contributed by atoms with Crippen LogP contribution in [0.1, 0.15) is 19.8 Å². The predicted octanol–water partition coefficient (Wildman–Crippen LogP) is 2.96. The number of nitrogens with zero attached hydrogens (tertiary/aromatic N) is 2. The number of hydrogen-bond acceptors (Lipinski definition) is 3. The Hall–Kier alpha value is -1.76. The van der Waals surface area contributed by atoms with Crippen molar-refractivity contribution < 1.29 is 14.3 Å². The lowest BCUT2D eigenvalue weighted by atomic mass is 10.0. The molecule has 0 bridgehead atoms. The van der Waals surface area contributed by atoms with Crippen molar-refractivity contribution in [2.75, 3.05) is 24.6 Å². The summed E-state index contributed by atoms with van der Waals surface area (Å²) >= 11 is 3.45. The molecule has 1 heterocycles. The summed E-state index contributed by atoms with van der Waals surface area (Å²) in [5, 5.41) is 0. The standard InChI is InChI=1S/C15H20BrN3O3/c1-2-22-15(21)18-9-7-11(8-10-18)19(14(17)20)13-6-4-3-5-12(13)16/h3-6,11H,2,7-10H2,1H3,(H2,17,20). The molecule has 3 amide bonds. The van der Waals surface area contributed by atoms with Crippen LogP contribution in [0, 0.1) is 0 Å². The number of halogens is 1. The number of likely N-dealkylation sites (tertiary alicyclic amines) is 1. The summed E-state index contributed by atoms with van der Waals surface area (Å²) in [5.41, 5.74) is 6.33. The van der Waals surface area contributed by atoms with E-state index in [1.165, 1.54) is 0 Å². The van der Waals surface area contributed by atoms with Gasteiger partial charge in [-0.3, -0.25) is 4.90 Å². The summed E-state index contributed by atoms with van der Waals surface area (Å²) in [4.78, 5) is 26.9. The number of hydrogen-bond donors (Lipinski definition) is 1. The Bertz CT molecular complexity index is 545. The van der Waals surface area contributed by atoms with E-state index in [9.17, 15) is 9.59 Å². The zero-order chi connectivity index (χ0) is 16.1. The Morgan fingerprint density at radius 1 is 1.36 bits per heavy atom. The number of carbonyl (C=O) groups excluding carboxylic acids is 2. The van der Waals surface area contributed by atoms with E-state index < -0.39 is 6.03 Å². The first kappa shape index (κ1) is 16.6. The molecule has 1 saturated heterocycles. The smallest absolute Gasteiger partial charge is 0.409 e. The van der Waals surface area contributed by atoms with Crippen molar-refractivity contribution >= 4 is 33.7 Å². The van der Waals surface area contributed by atoms with Crippen LogP contribution in [0.15, 0.2) is 28.7 Å². The highest BCUT2D eigenvalue weighted by molar-refractivity contribution is 9.10. The first-order valence-corrected chi connectivity index (χ1v) is 8.08. The van der Waals surface area contributed by atoms with Crippen molar-refractivity contribution in [3.8, 4) is 0 Å². The molecule has 0 atom stereocenters. The van der Waals surface area contributed by atoms with Crippen LogP contribution in [0.25, 0.3) is 0 Å². The van der Waals surface area contributed by atoms with Crippen molar-refractivity contribution in [3.63, 3.8) is 0 Å². The van der Waals surface area contributed by atoms with Gasteiger partial charge in [-0.25, -0.2) is 9.59 Å². The monoisotopic (exact) mass is 369 g/mol. The number of para-hydroxylation sites is 1. The number of primary amides is 1. The molecule has 120 valence electrons. The summed E-state index contributed by atoms with van der Waals surface area (Å²) in [6.07, 6.45) is 1.04. The minimum Gasteiger partial charge on any atom is -0.450 e. The van der Waals surface area contributed by atoms with E-state index >= 15 is 0 Å². The Kier molecular flexibility index (Phi) is 5.65. The molecule has 1 aromatic carbocycles. The van der Waals surface area contributed by atoms with Gasteiger partial charge in [0.2, 0.25) is 0 Å². The van der Waals surface area contributed by atoms with Crippen molar-refractivity contribution in [2.24, 2.45) is 5.73 Å². The van der Waals surface area contributed by atoms with E-state index in [2.05, 4.69) is 15.9 Å². The van der Waals surface area contributed by atoms with E-state index in [1.807, 2.05) is 24.3 Å². The second kappa shape index (κ2) is 7.49. The van der Waals surface area contributed by atoms with Crippen molar-refractivity contribution in [1.29, 1.82) is 0 Å². The molecule has 0 spiro atoms. The van der Waals surface area contributed by atoms with Gasteiger partial charge in [0.25, 0.3) is 0 Å². The van der Waals surface area contributed by atoms with Crippen LogP contribution in [0.2, 0.25) is 0 Å². The quantitative estimate of drug-likeness (QED) is 0.889. The van der Waals surface area contributed by atoms with E-state index in [1.54, 1.807) is 16.7 Å². The van der Waals surface area contributed by atoms with Crippen LogP contribution in [-0.2, 0) is 4.74 Å².